The molecule has 0 aliphatic heterocycles. The van der Waals surface area contributed by atoms with E-state index < -0.39 is 0 Å². The van der Waals surface area contributed by atoms with Gasteiger partial charge in [-0.05, 0) is 0 Å². The third-order valence-electron chi connectivity index (χ3n) is 2.16. The molecular formula is C10H7N7OS. The number of aromatic nitrogens is 6. The molecule has 3 aromatic rings. The molecule has 0 saturated carbocycles. The Labute approximate surface area is 111 Å². The maximum Gasteiger partial charge on any atom is 0.286 e. The van der Waals surface area contributed by atoms with Gasteiger partial charge in [0.1, 0.15) is 5.69 Å². The number of carbonyl (C=O) groups is 1. The van der Waals surface area contributed by atoms with Crippen molar-refractivity contribution in [2.75, 3.05) is 5.32 Å². The number of hydrogen-bond acceptors (Lipinski definition) is 7. The highest BCUT2D eigenvalue weighted by Gasteiger charge is 2.15. The molecule has 0 bridgehead atoms. The summed E-state index contributed by atoms with van der Waals surface area (Å²) in [6, 6.07) is 0. The van der Waals surface area contributed by atoms with Gasteiger partial charge in [-0.2, -0.15) is 5.10 Å². The molecule has 1 amide bonds. The number of carbonyl (C=O) groups excluding carboxylic acids is 1. The van der Waals surface area contributed by atoms with Crippen LogP contribution in [0.3, 0.4) is 0 Å². The van der Waals surface area contributed by atoms with Gasteiger partial charge in [-0.15, -0.1) is 10.2 Å². The van der Waals surface area contributed by atoms with Crippen molar-refractivity contribution >= 4 is 22.9 Å². The number of amides is 1. The van der Waals surface area contributed by atoms with Gasteiger partial charge in [0.05, 0.1) is 18.1 Å². The average molecular weight is 273 g/mol. The summed E-state index contributed by atoms with van der Waals surface area (Å²) in [4.78, 5) is 19.9. The van der Waals surface area contributed by atoms with Crippen molar-refractivity contribution in [2.45, 2.75) is 0 Å². The van der Waals surface area contributed by atoms with Crippen LogP contribution in [-0.4, -0.2) is 36.3 Å². The molecule has 3 aromatic heterocycles. The van der Waals surface area contributed by atoms with Gasteiger partial charge in [-0.25, -0.2) is 0 Å². The number of rotatable bonds is 3. The van der Waals surface area contributed by atoms with Crippen molar-refractivity contribution in [1.82, 2.24) is 30.4 Å². The van der Waals surface area contributed by atoms with E-state index in [2.05, 4.69) is 35.7 Å². The normalized spacial score (nSPS) is 10.3. The fourth-order valence-corrected chi connectivity index (χ4v) is 2.03. The van der Waals surface area contributed by atoms with Crippen molar-refractivity contribution in [3.05, 3.63) is 36.0 Å². The summed E-state index contributed by atoms with van der Waals surface area (Å²) in [5.74, 6) is -0.339. The van der Waals surface area contributed by atoms with Crippen LogP contribution in [0.2, 0.25) is 0 Å². The van der Waals surface area contributed by atoms with Gasteiger partial charge >= 0.3 is 0 Å². The first-order valence-corrected chi connectivity index (χ1v) is 6.04. The van der Waals surface area contributed by atoms with Crippen molar-refractivity contribution in [3.63, 3.8) is 0 Å². The minimum Gasteiger partial charge on any atom is -0.317 e. The largest absolute Gasteiger partial charge is 0.317 e. The second-order valence-corrected chi connectivity index (χ2v) is 4.42. The molecule has 2 N–H and O–H groups in total. The van der Waals surface area contributed by atoms with Crippen molar-refractivity contribution in [3.8, 4) is 10.7 Å². The van der Waals surface area contributed by atoms with Gasteiger partial charge in [-0.3, -0.25) is 19.9 Å². The quantitative estimate of drug-likeness (QED) is 0.735. The van der Waals surface area contributed by atoms with Crippen LogP contribution in [0.5, 0.6) is 0 Å². The average Bonchev–Trinajstić information content (AvgIpc) is 3.10. The zero-order chi connectivity index (χ0) is 13.1. The molecule has 8 nitrogen and oxygen atoms in total. The number of nitrogens with zero attached hydrogens (tertiary/aromatic N) is 5. The van der Waals surface area contributed by atoms with Crippen LogP contribution in [0.25, 0.3) is 10.7 Å². The van der Waals surface area contributed by atoms with Gasteiger partial charge in [0.2, 0.25) is 5.01 Å². The second-order valence-electron chi connectivity index (χ2n) is 3.44. The Hall–Kier alpha value is -2.68. The minimum atomic E-state index is -0.339. The van der Waals surface area contributed by atoms with Crippen LogP contribution in [0.15, 0.2) is 31.0 Å². The molecule has 3 heterocycles. The second kappa shape index (κ2) is 4.90. The summed E-state index contributed by atoms with van der Waals surface area (Å²) in [6.45, 7) is 0. The molecule has 0 saturated heterocycles. The Balaban J connectivity index is 1.80. The molecule has 0 aliphatic carbocycles. The number of nitrogens with one attached hydrogen (secondary N) is 2. The molecular weight excluding hydrogens is 266 g/mol. The Morgan fingerprint density at radius 2 is 2.21 bits per heavy atom. The summed E-state index contributed by atoms with van der Waals surface area (Å²) in [7, 11) is 0. The predicted molar refractivity (Wildman–Crippen MR) is 67.5 cm³/mol. The van der Waals surface area contributed by atoms with Gasteiger partial charge in [0, 0.05) is 18.6 Å². The molecule has 0 unspecified atom stereocenters. The molecule has 3 rings (SSSR count). The van der Waals surface area contributed by atoms with Crippen LogP contribution >= 0.6 is 11.3 Å². The van der Waals surface area contributed by atoms with Crippen LogP contribution in [0.4, 0.5) is 5.69 Å². The molecule has 0 aliphatic rings. The number of H-pyrrole nitrogens is 1. The first kappa shape index (κ1) is 11.4. The van der Waals surface area contributed by atoms with Crippen LogP contribution < -0.4 is 5.32 Å². The highest BCUT2D eigenvalue weighted by atomic mass is 32.1. The van der Waals surface area contributed by atoms with Crippen molar-refractivity contribution < 1.29 is 4.79 Å². The van der Waals surface area contributed by atoms with E-state index in [1.165, 1.54) is 6.20 Å². The third kappa shape index (κ3) is 2.45. The molecule has 0 radical (unpaired) electrons. The molecule has 19 heavy (non-hydrogen) atoms. The summed E-state index contributed by atoms with van der Waals surface area (Å²) >= 11 is 1.15. The molecule has 94 valence electrons. The van der Waals surface area contributed by atoms with E-state index in [0.29, 0.717) is 16.4 Å². The zero-order valence-electron chi connectivity index (χ0n) is 9.44. The van der Waals surface area contributed by atoms with Crippen molar-refractivity contribution in [1.29, 1.82) is 0 Å². The standard InChI is InChI=1S/C10H7N7OS/c18-8(15-6-3-13-14-4-6)10-17-16-9(19-10)7-5-11-1-2-12-7/h1-5H,(H,13,14)(H,15,18). The summed E-state index contributed by atoms with van der Waals surface area (Å²) < 4.78 is 0. The fraction of sp³-hybridized carbons (Fsp3) is 0. The Bertz CT molecular complexity index is 679. The first-order valence-electron chi connectivity index (χ1n) is 5.23. The molecule has 0 aromatic carbocycles. The lowest BCUT2D eigenvalue weighted by atomic mass is 10.5. The fourth-order valence-electron chi connectivity index (χ4n) is 1.33. The SMILES string of the molecule is O=C(Nc1cn[nH]c1)c1nnc(-c2cnccn2)s1. The van der Waals surface area contributed by atoms with E-state index in [-0.39, 0.29) is 10.9 Å². The van der Waals surface area contributed by atoms with E-state index in [0.717, 1.165) is 11.3 Å². The monoisotopic (exact) mass is 273 g/mol. The lowest BCUT2D eigenvalue weighted by Crippen LogP contribution is -2.10. The predicted octanol–water partition coefficient (Wildman–Crippen LogP) is 0.970. The minimum absolute atomic E-state index is 0.252. The van der Waals surface area contributed by atoms with E-state index >= 15 is 0 Å². The van der Waals surface area contributed by atoms with Gasteiger partial charge in [-0.1, -0.05) is 11.3 Å². The molecule has 0 atom stereocenters. The summed E-state index contributed by atoms with van der Waals surface area (Å²) in [5, 5.41) is 17.5. The maximum absolute atomic E-state index is 11.9. The number of aromatic amines is 1. The Kier molecular flexibility index (Phi) is 2.94. The van der Waals surface area contributed by atoms with Crippen LogP contribution in [0, 0.1) is 0 Å². The van der Waals surface area contributed by atoms with Gasteiger partial charge < -0.3 is 5.32 Å². The van der Waals surface area contributed by atoms with E-state index in [1.54, 1.807) is 24.8 Å². The molecule has 9 heteroatoms. The highest BCUT2D eigenvalue weighted by molar-refractivity contribution is 7.16. The van der Waals surface area contributed by atoms with Crippen LogP contribution in [-0.2, 0) is 0 Å². The van der Waals surface area contributed by atoms with Crippen molar-refractivity contribution in [2.24, 2.45) is 0 Å². The smallest absolute Gasteiger partial charge is 0.286 e. The Morgan fingerprint density at radius 1 is 1.26 bits per heavy atom. The maximum atomic E-state index is 11.9. The van der Waals surface area contributed by atoms with E-state index in [4.69, 9.17) is 0 Å². The third-order valence-corrected chi connectivity index (χ3v) is 3.10. The molecule has 0 fully saturated rings. The lowest BCUT2D eigenvalue weighted by Gasteiger charge is -1.96. The van der Waals surface area contributed by atoms with Gasteiger partial charge in [0.15, 0.2) is 5.01 Å². The Morgan fingerprint density at radius 3 is 2.95 bits per heavy atom. The first-order chi connectivity index (χ1) is 9.33. The summed E-state index contributed by atoms with van der Waals surface area (Å²) in [5.41, 5.74) is 1.16. The van der Waals surface area contributed by atoms with E-state index in [9.17, 15) is 4.79 Å². The number of anilines is 1. The lowest BCUT2D eigenvalue weighted by molar-refractivity contribution is 0.102. The van der Waals surface area contributed by atoms with E-state index in [1.807, 2.05) is 0 Å². The zero-order valence-corrected chi connectivity index (χ0v) is 10.3. The summed E-state index contributed by atoms with van der Waals surface area (Å²) in [6.07, 6.45) is 7.77. The van der Waals surface area contributed by atoms with Gasteiger partial charge in [0.25, 0.3) is 5.91 Å². The number of hydrogen-bond donors (Lipinski definition) is 2. The van der Waals surface area contributed by atoms with Crippen LogP contribution in [0.1, 0.15) is 9.80 Å². The molecule has 0 spiro atoms. The highest BCUT2D eigenvalue weighted by Crippen LogP contribution is 2.21. The topological polar surface area (TPSA) is 109 Å².